The smallest absolute Gasteiger partial charge is 0.230 e. The summed E-state index contributed by atoms with van der Waals surface area (Å²) in [7, 11) is 0. The third-order valence-electron chi connectivity index (χ3n) is 3.07. The van der Waals surface area contributed by atoms with Crippen molar-refractivity contribution in [2.45, 2.75) is 0 Å². The van der Waals surface area contributed by atoms with E-state index >= 15 is 0 Å². The van der Waals surface area contributed by atoms with Crippen molar-refractivity contribution in [2.24, 2.45) is 0 Å². The molecule has 0 atom stereocenters. The van der Waals surface area contributed by atoms with Crippen LogP contribution in [0.3, 0.4) is 0 Å². The summed E-state index contributed by atoms with van der Waals surface area (Å²) in [4.78, 5) is 0. The second-order valence-corrected chi connectivity index (χ2v) is 4.73. The standard InChI is InChI=1S/C15H9ClF2N2O/c16-13-9(5-3-7-11(13)18)14-12(15(19)21-20-14)8-4-1-2-6-10(8)17/h1-7H,19H2. The Labute approximate surface area is 123 Å². The Morgan fingerprint density at radius 3 is 2.38 bits per heavy atom. The van der Waals surface area contributed by atoms with Crippen LogP contribution in [0.15, 0.2) is 47.0 Å². The lowest BCUT2D eigenvalue weighted by Crippen LogP contribution is -1.92. The van der Waals surface area contributed by atoms with Gasteiger partial charge in [0.25, 0.3) is 0 Å². The number of hydrogen-bond donors (Lipinski definition) is 1. The third kappa shape index (κ3) is 2.25. The van der Waals surface area contributed by atoms with Gasteiger partial charge in [-0.05, 0) is 12.1 Å². The van der Waals surface area contributed by atoms with Crippen molar-refractivity contribution in [3.05, 3.63) is 59.1 Å². The molecular formula is C15H9ClF2N2O. The molecule has 0 radical (unpaired) electrons. The molecular weight excluding hydrogens is 298 g/mol. The number of benzene rings is 2. The molecule has 0 bridgehead atoms. The van der Waals surface area contributed by atoms with E-state index in [1.165, 1.54) is 24.3 Å². The molecule has 106 valence electrons. The van der Waals surface area contributed by atoms with Crippen LogP contribution in [0.2, 0.25) is 5.02 Å². The Morgan fingerprint density at radius 2 is 1.62 bits per heavy atom. The minimum atomic E-state index is -0.602. The fourth-order valence-corrected chi connectivity index (χ4v) is 2.31. The molecule has 0 unspecified atom stereocenters. The average molecular weight is 307 g/mol. The number of hydrogen-bond acceptors (Lipinski definition) is 3. The van der Waals surface area contributed by atoms with E-state index in [-0.39, 0.29) is 33.3 Å². The summed E-state index contributed by atoms with van der Waals surface area (Å²) in [6, 6.07) is 10.3. The molecule has 0 aliphatic heterocycles. The van der Waals surface area contributed by atoms with Gasteiger partial charge in [0.15, 0.2) is 0 Å². The highest BCUT2D eigenvalue weighted by Crippen LogP contribution is 2.40. The lowest BCUT2D eigenvalue weighted by molar-refractivity contribution is 0.439. The number of anilines is 1. The van der Waals surface area contributed by atoms with Crippen LogP contribution in [0.25, 0.3) is 22.4 Å². The van der Waals surface area contributed by atoms with Gasteiger partial charge in [-0.3, -0.25) is 0 Å². The van der Waals surface area contributed by atoms with E-state index in [0.717, 1.165) is 0 Å². The molecule has 0 aliphatic rings. The summed E-state index contributed by atoms with van der Waals surface area (Å²) in [5.41, 5.74) is 6.68. The zero-order chi connectivity index (χ0) is 15.0. The zero-order valence-electron chi connectivity index (χ0n) is 10.6. The van der Waals surface area contributed by atoms with Crippen LogP contribution in [-0.4, -0.2) is 5.16 Å². The number of rotatable bonds is 2. The quantitative estimate of drug-likeness (QED) is 0.757. The van der Waals surface area contributed by atoms with Crippen molar-refractivity contribution in [2.75, 3.05) is 5.73 Å². The molecule has 0 fully saturated rings. The fourth-order valence-electron chi connectivity index (χ4n) is 2.10. The van der Waals surface area contributed by atoms with E-state index in [1.54, 1.807) is 18.2 Å². The molecule has 0 amide bonds. The topological polar surface area (TPSA) is 52.0 Å². The summed E-state index contributed by atoms with van der Waals surface area (Å²) in [6.07, 6.45) is 0. The van der Waals surface area contributed by atoms with Crippen molar-refractivity contribution in [3.63, 3.8) is 0 Å². The van der Waals surface area contributed by atoms with Crippen LogP contribution in [0, 0.1) is 11.6 Å². The molecule has 0 saturated heterocycles. The van der Waals surface area contributed by atoms with Crippen molar-refractivity contribution < 1.29 is 13.3 Å². The molecule has 3 nitrogen and oxygen atoms in total. The molecule has 6 heteroatoms. The van der Waals surface area contributed by atoms with Crippen LogP contribution in [0.4, 0.5) is 14.7 Å². The summed E-state index contributed by atoms with van der Waals surface area (Å²) in [6.45, 7) is 0. The van der Waals surface area contributed by atoms with Gasteiger partial charge in [0.05, 0.1) is 10.6 Å². The normalized spacial score (nSPS) is 10.8. The van der Waals surface area contributed by atoms with Gasteiger partial charge >= 0.3 is 0 Å². The first kappa shape index (κ1) is 13.6. The molecule has 3 aromatic rings. The van der Waals surface area contributed by atoms with E-state index in [9.17, 15) is 8.78 Å². The molecule has 2 N–H and O–H groups in total. The largest absolute Gasteiger partial charge is 0.367 e. The first-order valence-corrected chi connectivity index (χ1v) is 6.42. The Balaban J connectivity index is 2.28. The minimum Gasteiger partial charge on any atom is -0.367 e. The first-order chi connectivity index (χ1) is 10.1. The minimum absolute atomic E-state index is 0.0598. The van der Waals surface area contributed by atoms with Crippen molar-refractivity contribution >= 4 is 17.5 Å². The van der Waals surface area contributed by atoms with Crippen LogP contribution < -0.4 is 5.73 Å². The number of nitrogens with two attached hydrogens (primary N) is 1. The number of halogens is 3. The summed E-state index contributed by atoms with van der Waals surface area (Å²) < 4.78 is 32.5. The van der Waals surface area contributed by atoms with Crippen LogP contribution in [0.1, 0.15) is 0 Å². The van der Waals surface area contributed by atoms with E-state index in [1.807, 2.05) is 0 Å². The highest BCUT2D eigenvalue weighted by atomic mass is 35.5. The Morgan fingerprint density at radius 1 is 0.952 bits per heavy atom. The molecule has 3 rings (SSSR count). The van der Waals surface area contributed by atoms with Gasteiger partial charge in [-0.15, -0.1) is 0 Å². The lowest BCUT2D eigenvalue weighted by Gasteiger charge is -2.06. The van der Waals surface area contributed by atoms with Gasteiger partial charge in [0, 0.05) is 11.1 Å². The van der Waals surface area contributed by atoms with Crippen LogP contribution in [0.5, 0.6) is 0 Å². The predicted molar refractivity (Wildman–Crippen MR) is 76.7 cm³/mol. The maximum absolute atomic E-state index is 14.0. The van der Waals surface area contributed by atoms with Gasteiger partial charge in [0.2, 0.25) is 5.88 Å². The Bertz CT molecular complexity index is 817. The second-order valence-electron chi connectivity index (χ2n) is 4.35. The highest BCUT2D eigenvalue weighted by molar-refractivity contribution is 6.33. The van der Waals surface area contributed by atoms with Gasteiger partial charge in [-0.2, -0.15) is 0 Å². The maximum Gasteiger partial charge on any atom is 0.230 e. The van der Waals surface area contributed by atoms with E-state index in [0.29, 0.717) is 0 Å². The summed E-state index contributed by atoms with van der Waals surface area (Å²) in [5, 5.41) is 3.67. The molecule has 21 heavy (non-hydrogen) atoms. The van der Waals surface area contributed by atoms with E-state index in [4.69, 9.17) is 21.9 Å². The van der Waals surface area contributed by atoms with Crippen LogP contribution >= 0.6 is 11.6 Å². The number of nitrogens with zero attached hydrogens (tertiary/aromatic N) is 1. The summed E-state index contributed by atoms with van der Waals surface area (Å²) in [5.74, 6) is -1.15. The third-order valence-corrected chi connectivity index (χ3v) is 3.45. The average Bonchev–Trinajstić information content (AvgIpc) is 2.84. The Kier molecular flexibility index (Phi) is 3.35. The SMILES string of the molecule is Nc1onc(-c2cccc(F)c2Cl)c1-c1ccccc1F. The summed E-state index contributed by atoms with van der Waals surface area (Å²) >= 11 is 5.94. The molecule has 0 spiro atoms. The predicted octanol–water partition coefficient (Wildman–Crippen LogP) is 4.52. The first-order valence-electron chi connectivity index (χ1n) is 6.04. The van der Waals surface area contributed by atoms with Crippen LogP contribution in [-0.2, 0) is 0 Å². The van der Waals surface area contributed by atoms with Crippen molar-refractivity contribution in [1.29, 1.82) is 0 Å². The lowest BCUT2D eigenvalue weighted by atomic mass is 10.0. The number of aromatic nitrogens is 1. The molecule has 2 aromatic carbocycles. The van der Waals surface area contributed by atoms with Gasteiger partial charge in [-0.1, -0.05) is 47.1 Å². The maximum atomic E-state index is 14.0. The van der Waals surface area contributed by atoms with Crippen molar-refractivity contribution in [3.8, 4) is 22.4 Å². The molecule has 1 heterocycles. The van der Waals surface area contributed by atoms with E-state index in [2.05, 4.69) is 5.16 Å². The van der Waals surface area contributed by atoms with Gasteiger partial charge in [-0.25, -0.2) is 8.78 Å². The van der Waals surface area contributed by atoms with Gasteiger partial charge < -0.3 is 10.3 Å². The monoisotopic (exact) mass is 306 g/mol. The molecule has 0 aliphatic carbocycles. The number of nitrogen functional groups attached to an aromatic ring is 1. The second kappa shape index (κ2) is 5.18. The Hall–Kier alpha value is -2.40. The molecule has 1 aromatic heterocycles. The fraction of sp³-hybridized carbons (Fsp3) is 0. The highest BCUT2D eigenvalue weighted by Gasteiger charge is 2.22. The van der Waals surface area contributed by atoms with Crippen molar-refractivity contribution in [1.82, 2.24) is 5.16 Å². The zero-order valence-corrected chi connectivity index (χ0v) is 11.4. The van der Waals surface area contributed by atoms with Gasteiger partial charge in [0.1, 0.15) is 17.3 Å². The van der Waals surface area contributed by atoms with E-state index < -0.39 is 11.6 Å². The molecule has 0 saturated carbocycles.